The van der Waals surface area contributed by atoms with Gasteiger partial charge in [-0.05, 0) is 25.5 Å². The Morgan fingerprint density at radius 3 is 2.38 bits per heavy atom. The number of nitroso groups, excluding NO2 is 1. The Bertz CT molecular complexity index is 375. The van der Waals surface area contributed by atoms with Crippen LogP contribution in [0, 0.1) is 11.8 Å². The lowest BCUT2D eigenvalue weighted by molar-refractivity contribution is -0.138. The first-order valence-electron chi connectivity index (χ1n) is 5.02. The van der Waals surface area contributed by atoms with E-state index in [0.717, 1.165) is 10.6 Å². The Kier molecular flexibility index (Phi) is 3.99. The molecular weight excluding hydrogens is 208 g/mol. The Morgan fingerprint density at radius 1 is 1.44 bits per heavy atom. The summed E-state index contributed by atoms with van der Waals surface area (Å²) in [5.41, 5.74) is 1.54. The van der Waals surface area contributed by atoms with Gasteiger partial charge in [-0.3, -0.25) is 0 Å². The minimum Gasteiger partial charge on any atom is -0.480 e. The van der Waals surface area contributed by atoms with E-state index in [4.69, 9.17) is 5.11 Å². The molecule has 0 fully saturated rings. The van der Waals surface area contributed by atoms with Crippen LogP contribution in [-0.4, -0.2) is 17.1 Å². The number of carboxylic acids is 1. The van der Waals surface area contributed by atoms with E-state index in [2.05, 4.69) is 5.29 Å². The van der Waals surface area contributed by atoms with E-state index in [9.17, 15) is 9.70 Å². The summed E-state index contributed by atoms with van der Waals surface area (Å²) in [5, 5.41) is 12.7. The van der Waals surface area contributed by atoms with Crippen LogP contribution in [0.5, 0.6) is 0 Å². The highest BCUT2D eigenvalue weighted by atomic mass is 16.4. The maximum Gasteiger partial charge on any atom is 0.328 e. The van der Waals surface area contributed by atoms with Crippen molar-refractivity contribution < 1.29 is 9.90 Å². The van der Waals surface area contributed by atoms with Crippen molar-refractivity contribution in [3.05, 3.63) is 34.7 Å². The SMILES string of the molecule is CCC(C(=O)O)N(N=O)c1ccc(C)cc1. The molecule has 1 aromatic rings. The molecule has 0 aliphatic heterocycles. The van der Waals surface area contributed by atoms with E-state index in [1.807, 2.05) is 19.1 Å². The van der Waals surface area contributed by atoms with Crippen molar-refractivity contribution in [1.82, 2.24) is 0 Å². The smallest absolute Gasteiger partial charge is 0.328 e. The standard InChI is InChI=1S/C11H14N2O3/c1-3-10(11(14)15)13(12-16)9-6-4-8(2)5-7-9/h4-7,10H,3H2,1-2H3,(H,14,15). The molecule has 1 N–H and O–H groups in total. The van der Waals surface area contributed by atoms with Gasteiger partial charge in [0.1, 0.15) is 0 Å². The number of aliphatic carboxylic acids is 1. The molecule has 1 atom stereocenters. The topological polar surface area (TPSA) is 70.0 Å². The largest absolute Gasteiger partial charge is 0.480 e. The fourth-order valence-corrected chi connectivity index (χ4v) is 1.43. The van der Waals surface area contributed by atoms with Crippen LogP contribution in [0.25, 0.3) is 0 Å². The molecule has 86 valence electrons. The van der Waals surface area contributed by atoms with Crippen LogP contribution in [0.4, 0.5) is 5.69 Å². The summed E-state index contributed by atoms with van der Waals surface area (Å²) in [6.07, 6.45) is 0.314. The number of anilines is 1. The van der Waals surface area contributed by atoms with Gasteiger partial charge in [0.25, 0.3) is 0 Å². The first-order chi connectivity index (χ1) is 7.60. The lowest BCUT2D eigenvalue weighted by Gasteiger charge is -2.21. The molecular formula is C11H14N2O3. The van der Waals surface area contributed by atoms with E-state index in [-0.39, 0.29) is 0 Å². The zero-order valence-corrected chi connectivity index (χ0v) is 9.25. The van der Waals surface area contributed by atoms with E-state index < -0.39 is 12.0 Å². The van der Waals surface area contributed by atoms with Gasteiger partial charge in [-0.25, -0.2) is 9.80 Å². The van der Waals surface area contributed by atoms with E-state index in [1.165, 1.54) is 0 Å². The van der Waals surface area contributed by atoms with Crippen LogP contribution in [0.1, 0.15) is 18.9 Å². The monoisotopic (exact) mass is 222 g/mol. The molecule has 0 aliphatic carbocycles. The number of benzene rings is 1. The second-order valence-electron chi connectivity index (χ2n) is 3.52. The molecule has 0 bridgehead atoms. The molecule has 1 rings (SSSR count). The van der Waals surface area contributed by atoms with Crippen LogP contribution in [-0.2, 0) is 4.79 Å². The summed E-state index contributed by atoms with van der Waals surface area (Å²) in [6.45, 7) is 3.61. The Balaban J connectivity index is 3.01. The highest BCUT2D eigenvalue weighted by Crippen LogP contribution is 2.19. The van der Waals surface area contributed by atoms with Crippen LogP contribution in [0.15, 0.2) is 29.6 Å². The second-order valence-corrected chi connectivity index (χ2v) is 3.52. The lowest BCUT2D eigenvalue weighted by Crippen LogP contribution is -2.36. The van der Waals surface area contributed by atoms with E-state index >= 15 is 0 Å². The average Bonchev–Trinajstić information content (AvgIpc) is 2.26. The molecule has 5 nitrogen and oxygen atoms in total. The second kappa shape index (κ2) is 5.25. The fraction of sp³-hybridized carbons (Fsp3) is 0.364. The number of aryl methyl sites for hydroxylation is 1. The zero-order chi connectivity index (χ0) is 12.1. The third-order valence-corrected chi connectivity index (χ3v) is 2.35. The van der Waals surface area contributed by atoms with Crippen LogP contribution in [0.3, 0.4) is 0 Å². The molecule has 0 spiro atoms. The highest BCUT2D eigenvalue weighted by Gasteiger charge is 2.25. The van der Waals surface area contributed by atoms with Crippen molar-refractivity contribution in [3.8, 4) is 0 Å². The maximum atomic E-state index is 10.9. The van der Waals surface area contributed by atoms with Crippen molar-refractivity contribution in [2.24, 2.45) is 5.29 Å². The van der Waals surface area contributed by atoms with Crippen LogP contribution < -0.4 is 5.01 Å². The van der Waals surface area contributed by atoms with Gasteiger partial charge >= 0.3 is 5.97 Å². The first-order valence-corrected chi connectivity index (χ1v) is 5.02. The van der Waals surface area contributed by atoms with Crippen molar-refractivity contribution in [3.63, 3.8) is 0 Å². The molecule has 0 radical (unpaired) electrons. The van der Waals surface area contributed by atoms with Crippen molar-refractivity contribution >= 4 is 11.7 Å². The molecule has 0 saturated heterocycles. The molecule has 0 amide bonds. The van der Waals surface area contributed by atoms with E-state index in [1.54, 1.807) is 19.1 Å². The number of nitrogens with zero attached hydrogens (tertiary/aromatic N) is 2. The number of hydrogen-bond acceptors (Lipinski definition) is 3. The van der Waals surface area contributed by atoms with Gasteiger partial charge in [-0.15, -0.1) is 4.91 Å². The third-order valence-electron chi connectivity index (χ3n) is 2.35. The fourth-order valence-electron chi connectivity index (χ4n) is 1.43. The molecule has 1 unspecified atom stereocenters. The van der Waals surface area contributed by atoms with Gasteiger partial charge in [0, 0.05) is 0 Å². The van der Waals surface area contributed by atoms with Gasteiger partial charge in [0.05, 0.1) is 11.0 Å². The molecule has 0 saturated carbocycles. The minimum absolute atomic E-state index is 0.314. The lowest BCUT2D eigenvalue weighted by atomic mass is 10.1. The molecule has 0 aromatic heterocycles. The van der Waals surface area contributed by atoms with E-state index in [0.29, 0.717) is 12.1 Å². The number of rotatable bonds is 5. The predicted molar refractivity (Wildman–Crippen MR) is 61.2 cm³/mol. The van der Waals surface area contributed by atoms with Gasteiger partial charge in [0.15, 0.2) is 6.04 Å². The number of hydrogen-bond donors (Lipinski definition) is 1. The van der Waals surface area contributed by atoms with Crippen LogP contribution in [0.2, 0.25) is 0 Å². The van der Waals surface area contributed by atoms with Crippen molar-refractivity contribution in [1.29, 1.82) is 0 Å². The summed E-state index contributed by atoms with van der Waals surface area (Å²) in [4.78, 5) is 21.6. The first kappa shape index (κ1) is 12.2. The molecule has 16 heavy (non-hydrogen) atoms. The minimum atomic E-state index is -1.05. The average molecular weight is 222 g/mol. The summed E-state index contributed by atoms with van der Waals surface area (Å²) in [5.74, 6) is -1.05. The predicted octanol–water partition coefficient (Wildman–Crippen LogP) is 2.35. The third kappa shape index (κ3) is 2.56. The van der Waals surface area contributed by atoms with Crippen molar-refractivity contribution in [2.75, 3.05) is 5.01 Å². The zero-order valence-electron chi connectivity index (χ0n) is 9.25. The van der Waals surface area contributed by atoms with Gasteiger partial charge in [0.2, 0.25) is 0 Å². The maximum absolute atomic E-state index is 10.9. The normalized spacial score (nSPS) is 11.9. The Morgan fingerprint density at radius 2 is 2.00 bits per heavy atom. The highest BCUT2D eigenvalue weighted by molar-refractivity contribution is 5.77. The Hall–Kier alpha value is -1.91. The van der Waals surface area contributed by atoms with Crippen LogP contribution >= 0.6 is 0 Å². The molecule has 0 aliphatic rings. The van der Waals surface area contributed by atoms with Gasteiger partial charge in [-0.1, -0.05) is 24.6 Å². The Labute approximate surface area is 93.6 Å². The molecule has 0 heterocycles. The van der Waals surface area contributed by atoms with Gasteiger partial charge < -0.3 is 5.11 Å². The molecule has 1 aromatic carbocycles. The summed E-state index contributed by atoms with van der Waals surface area (Å²) in [6, 6.07) is 6.06. The quantitative estimate of drug-likeness (QED) is 0.613. The number of carboxylic acid groups (broad SMARTS) is 1. The molecule has 5 heteroatoms. The summed E-state index contributed by atoms with van der Waals surface area (Å²) in [7, 11) is 0. The van der Waals surface area contributed by atoms with Gasteiger partial charge in [-0.2, -0.15) is 0 Å². The van der Waals surface area contributed by atoms with Crippen molar-refractivity contribution in [2.45, 2.75) is 26.3 Å². The number of carbonyl (C=O) groups is 1. The summed E-state index contributed by atoms with van der Waals surface area (Å²) < 4.78 is 0. The summed E-state index contributed by atoms with van der Waals surface area (Å²) >= 11 is 0.